The fraction of sp³-hybridized carbons (Fsp3) is 0.391. The molecule has 29 heavy (non-hydrogen) atoms. The van der Waals surface area contributed by atoms with Crippen molar-refractivity contribution in [3.05, 3.63) is 58.1 Å². The minimum absolute atomic E-state index is 0.0101. The average Bonchev–Trinajstić information content (AvgIpc) is 3.41. The summed E-state index contributed by atoms with van der Waals surface area (Å²) in [5.74, 6) is -0.0101. The van der Waals surface area contributed by atoms with Crippen LogP contribution >= 0.6 is 22.9 Å². The van der Waals surface area contributed by atoms with Crippen molar-refractivity contribution in [1.82, 2.24) is 4.98 Å². The third-order valence-corrected chi connectivity index (χ3v) is 7.19. The third kappa shape index (κ3) is 3.79. The van der Waals surface area contributed by atoms with Crippen LogP contribution in [0.1, 0.15) is 47.2 Å². The Morgan fingerprint density at radius 3 is 2.83 bits per heavy atom. The number of fused-ring (bicyclic) bond motifs is 2. The highest BCUT2D eigenvalue weighted by Gasteiger charge is 2.28. The van der Waals surface area contributed by atoms with E-state index in [0.29, 0.717) is 16.7 Å². The molecular formula is C23H23ClN2O2S. The largest absolute Gasteiger partial charge is 0.376 e. The fourth-order valence-corrected chi connectivity index (χ4v) is 5.55. The molecule has 1 aliphatic carbocycles. The van der Waals surface area contributed by atoms with Gasteiger partial charge in [0.15, 0.2) is 5.13 Å². The number of hydrogen-bond donors (Lipinski definition) is 0. The van der Waals surface area contributed by atoms with Crippen molar-refractivity contribution < 1.29 is 9.53 Å². The quantitative estimate of drug-likeness (QED) is 0.541. The molecule has 150 valence electrons. The molecule has 4 nitrogen and oxygen atoms in total. The Kier molecular flexibility index (Phi) is 5.29. The summed E-state index contributed by atoms with van der Waals surface area (Å²) < 4.78 is 6.83. The second-order valence-corrected chi connectivity index (χ2v) is 9.24. The molecule has 1 fully saturated rings. The van der Waals surface area contributed by atoms with E-state index >= 15 is 0 Å². The lowest BCUT2D eigenvalue weighted by molar-refractivity contribution is 0.0917. The van der Waals surface area contributed by atoms with E-state index in [0.717, 1.165) is 48.1 Å². The summed E-state index contributed by atoms with van der Waals surface area (Å²) >= 11 is 7.85. The molecule has 5 rings (SSSR count). The number of aryl methyl sites for hydroxylation is 2. The standard InChI is InChI=1S/C23H23ClN2O2S/c24-19-8-3-9-20-21(19)25-23(29-20)26(14-18-7-4-12-28-18)22(27)17-11-10-15-5-1-2-6-16(15)13-17/h3,8-11,13,18H,1-2,4-7,12,14H2. The summed E-state index contributed by atoms with van der Waals surface area (Å²) in [4.78, 5) is 20.1. The molecule has 0 saturated carbocycles. The van der Waals surface area contributed by atoms with Crippen LogP contribution in [0, 0.1) is 0 Å². The minimum Gasteiger partial charge on any atom is -0.376 e. The second-order valence-electron chi connectivity index (χ2n) is 7.82. The van der Waals surface area contributed by atoms with E-state index in [9.17, 15) is 4.79 Å². The van der Waals surface area contributed by atoms with Crippen LogP contribution < -0.4 is 4.90 Å². The Labute approximate surface area is 179 Å². The maximum atomic E-state index is 13.6. The van der Waals surface area contributed by atoms with Gasteiger partial charge in [0.25, 0.3) is 5.91 Å². The van der Waals surface area contributed by atoms with Crippen molar-refractivity contribution in [1.29, 1.82) is 0 Å². The van der Waals surface area contributed by atoms with Crippen LogP contribution in [0.15, 0.2) is 36.4 Å². The Balaban J connectivity index is 1.52. The van der Waals surface area contributed by atoms with Gasteiger partial charge in [-0.15, -0.1) is 0 Å². The monoisotopic (exact) mass is 426 g/mol. The van der Waals surface area contributed by atoms with Crippen LogP contribution in [0.25, 0.3) is 10.2 Å². The molecule has 0 radical (unpaired) electrons. The number of amides is 1. The van der Waals surface area contributed by atoms with Gasteiger partial charge in [0, 0.05) is 12.2 Å². The van der Waals surface area contributed by atoms with E-state index in [1.165, 1.54) is 35.3 Å². The minimum atomic E-state index is -0.0101. The second kappa shape index (κ2) is 8.05. The van der Waals surface area contributed by atoms with Gasteiger partial charge in [-0.2, -0.15) is 0 Å². The maximum absolute atomic E-state index is 13.6. The summed E-state index contributed by atoms with van der Waals surface area (Å²) in [6, 6.07) is 11.9. The van der Waals surface area contributed by atoms with E-state index < -0.39 is 0 Å². The number of rotatable bonds is 4. The number of carbonyl (C=O) groups excluding carboxylic acids is 1. The van der Waals surface area contributed by atoms with E-state index in [2.05, 4.69) is 12.1 Å². The molecule has 6 heteroatoms. The number of ether oxygens (including phenoxy) is 1. The fourth-order valence-electron chi connectivity index (χ4n) is 4.28. The van der Waals surface area contributed by atoms with Gasteiger partial charge in [0.05, 0.1) is 22.4 Å². The highest BCUT2D eigenvalue weighted by molar-refractivity contribution is 7.22. The Hall–Kier alpha value is -1.95. The van der Waals surface area contributed by atoms with Gasteiger partial charge in [0.2, 0.25) is 0 Å². The molecule has 1 atom stereocenters. The van der Waals surface area contributed by atoms with E-state index in [-0.39, 0.29) is 12.0 Å². The molecule has 2 aromatic carbocycles. The zero-order chi connectivity index (χ0) is 19.8. The van der Waals surface area contributed by atoms with E-state index in [1.807, 2.05) is 24.3 Å². The zero-order valence-electron chi connectivity index (χ0n) is 16.2. The van der Waals surface area contributed by atoms with E-state index in [4.69, 9.17) is 21.3 Å². The summed E-state index contributed by atoms with van der Waals surface area (Å²) in [6.45, 7) is 1.28. The number of aromatic nitrogens is 1. The molecule has 2 heterocycles. The van der Waals surface area contributed by atoms with Crippen molar-refractivity contribution >= 4 is 44.2 Å². The highest BCUT2D eigenvalue weighted by Crippen LogP contribution is 2.34. The van der Waals surface area contributed by atoms with Gasteiger partial charge in [-0.3, -0.25) is 9.69 Å². The predicted octanol–water partition coefficient (Wildman–Crippen LogP) is 5.65. The predicted molar refractivity (Wildman–Crippen MR) is 118 cm³/mol. The average molecular weight is 427 g/mol. The van der Waals surface area contributed by atoms with Gasteiger partial charge in [-0.05, 0) is 73.9 Å². The maximum Gasteiger partial charge on any atom is 0.260 e. The van der Waals surface area contributed by atoms with Crippen molar-refractivity contribution in [2.75, 3.05) is 18.1 Å². The van der Waals surface area contributed by atoms with Crippen molar-refractivity contribution in [3.63, 3.8) is 0 Å². The van der Waals surface area contributed by atoms with Crippen molar-refractivity contribution in [2.24, 2.45) is 0 Å². The van der Waals surface area contributed by atoms with Crippen molar-refractivity contribution in [3.8, 4) is 0 Å². The first-order chi connectivity index (χ1) is 14.2. The Bertz CT molecular complexity index is 1060. The number of thiazole rings is 1. The van der Waals surface area contributed by atoms with Crippen LogP contribution in [0.2, 0.25) is 5.02 Å². The first-order valence-electron chi connectivity index (χ1n) is 10.3. The van der Waals surface area contributed by atoms with Gasteiger partial charge in [0.1, 0.15) is 5.52 Å². The van der Waals surface area contributed by atoms with Gasteiger partial charge in [-0.1, -0.05) is 35.1 Å². The lowest BCUT2D eigenvalue weighted by Gasteiger charge is -2.24. The third-order valence-electron chi connectivity index (χ3n) is 5.84. The molecule has 1 saturated heterocycles. The lowest BCUT2D eigenvalue weighted by Crippen LogP contribution is -2.37. The van der Waals surface area contributed by atoms with Gasteiger partial charge < -0.3 is 4.74 Å². The van der Waals surface area contributed by atoms with E-state index in [1.54, 1.807) is 4.90 Å². The number of nitrogens with zero attached hydrogens (tertiary/aromatic N) is 2. The first kappa shape index (κ1) is 19.0. The van der Waals surface area contributed by atoms with Gasteiger partial charge >= 0.3 is 0 Å². The molecule has 1 aromatic heterocycles. The number of carbonyl (C=O) groups is 1. The van der Waals surface area contributed by atoms with Crippen LogP contribution in [-0.2, 0) is 17.6 Å². The molecule has 1 amide bonds. The molecule has 2 aliphatic rings. The molecule has 0 bridgehead atoms. The van der Waals surface area contributed by atoms with Crippen LogP contribution in [0.4, 0.5) is 5.13 Å². The zero-order valence-corrected chi connectivity index (χ0v) is 17.8. The number of benzene rings is 2. The number of anilines is 1. The molecule has 0 N–H and O–H groups in total. The SMILES string of the molecule is O=C(c1ccc2c(c1)CCCC2)N(CC1CCCO1)c1nc2c(Cl)cccc2s1. The summed E-state index contributed by atoms with van der Waals surface area (Å²) in [7, 11) is 0. The summed E-state index contributed by atoms with van der Waals surface area (Å²) in [5.41, 5.74) is 4.18. The Morgan fingerprint density at radius 1 is 1.17 bits per heavy atom. The van der Waals surface area contributed by atoms with Crippen LogP contribution in [0.5, 0.6) is 0 Å². The summed E-state index contributed by atoms with van der Waals surface area (Å²) in [5, 5.41) is 1.30. The summed E-state index contributed by atoms with van der Waals surface area (Å²) in [6.07, 6.45) is 6.66. The number of hydrogen-bond acceptors (Lipinski definition) is 4. The van der Waals surface area contributed by atoms with Crippen molar-refractivity contribution in [2.45, 2.75) is 44.6 Å². The Morgan fingerprint density at radius 2 is 2.03 bits per heavy atom. The normalized spacial score (nSPS) is 18.7. The highest BCUT2D eigenvalue weighted by atomic mass is 35.5. The first-order valence-corrected chi connectivity index (χ1v) is 11.5. The number of para-hydroxylation sites is 1. The van der Waals surface area contributed by atoms with Crippen LogP contribution in [0.3, 0.4) is 0 Å². The molecule has 3 aromatic rings. The van der Waals surface area contributed by atoms with Gasteiger partial charge in [-0.25, -0.2) is 4.98 Å². The number of halogens is 1. The topological polar surface area (TPSA) is 42.4 Å². The van der Waals surface area contributed by atoms with Crippen LogP contribution in [-0.4, -0.2) is 30.1 Å². The molecular weight excluding hydrogens is 404 g/mol. The molecule has 0 spiro atoms. The molecule has 1 aliphatic heterocycles. The lowest BCUT2D eigenvalue weighted by atomic mass is 9.90. The molecule has 1 unspecified atom stereocenters. The smallest absolute Gasteiger partial charge is 0.260 e.